The summed E-state index contributed by atoms with van der Waals surface area (Å²) in [5.74, 6) is 0.620. The lowest BCUT2D eigenvalue weighted by atomic mass is 9.87. The smallest absolute Gasteiger partial charge is 0.260 e. The summed E-state index contributed by atoms with van der Waals surface area (Å²) < 4.78 is 5.64. The van der Waals surface area contributed by atoms with Gasteiger partial charge in [-0.1, -0.05) is 32.9 Å². The van der Waals surface area contributed by atoms with Crippen LogP contribution < -0.4 is 15.4 Å². The normalized spacial score (nSPS) is 12.8. The van der Waals surface area contributed by atoms with Crippen molar-refractivity contribution in [3.05, 3.63) is 29.8 Å². The minimum absolute atomic E-state index is 0.0971. The predicted molar refractivity (Wildman–Crippen MR) is 82.2 cm³/mol. The molecule has 0 aliphatic heterocycles. The molecular weight excluding hydrogens is 252 g/mol. The largest absolute Gasteiger partial charge is 0.481 e. The van der Waals surface area contributed by atoms with Gasteiger partial charge in [-0.2, -0.15) is 0 Å². The summed E-state index contributed by atoms with van der Waals surface area (Å²) in [6.07, 6.45) is -0.493. The maximum Gasteiger partial charge on any atom is 0.260 e. The van der Waals surface area contributed by atoms with Crippen molar-refractivity contribution in [1.82, 2.24) is 10.6 Å². The van der Waals surface area contributed by atoms with Crippen molar-refractivity contribution in [3.8, 4) is 5.75 Å². The second-order valence-electron chi connectivity index (χ2n) is 5.93. The van der Waals surface area contributed by atoms with E-state index in [4.69, 9.17) is 4.74 Å². The van der Waals surface area contributed by atoms with Crippen molar-refractivity contribution in [2.75, 3.05) is 20.1 Å². The molecule has 0 aliphatic carbocycles. The fraction of sp³-hybridized carbons (Fsp3) is 0.562. The zero-order chi connectivity index (χ0) is 15.2. The Hall–Kier alpha value is -1.55. The highest BCUT2D eigenvalue weighted by molar-refractivity contribution is 5.80. The number of nitrogens with one attached hydrogen (secondary N) is 2. The molecule has 0 radical (unpaired) electrons. The Balaban J connectivity index is 2.53. The quantitative estimate of drug-likeness (QED) is 0.783. The minimum atomic E-state index is -0.493. The van der Waals surface area contributed by atoms with E-state index in [-0.39, 0.29) is 11.3 Å². The lowest BCUT2D eigenvalue weighted by Crippen LogP contribution is -2.39. The maximum atomic E-state index is 11.8. The monoisotopic (exact) mass is 278 g/mol. The Labute approximate surface area is 121 Å². The molecular formula is C16H26N2O2. The predicted octanol–water partition coefficient (Wildman–Crippen LogP) is 2.09. The van der Waals surface area contributed by atoms with Crippen molar-refractivity contribution in [3.63, 3.8) is 0 Å². The highest BCUT2D eigenvalue weighted by Gasteiger charge is 2.16. The second-order valence-corrected chi connectivity index (χ2v) is 5.93. The average Bonchev–Trinajstić information content (AvgIpc) is 2.38. The third-order valence-electron chi connectivity index (χ3n) is 3.08. The number of carbonyl (C=O) groups is 1. The van der Waals surface area contributed by atoms with Gasteiger partial charge >= 0.3 is 0 Å². The van der Waals surface area contributed by atoms with Crippen LogP contribution in [0.15, 0.2) is 24.3 Å². The summed E-state index contributed by atoms with van der Waals surface area (Å²) in [5.41, 5.74) is 1.37. The fourth-order valence-electron chi connectivity index (χ4n) is 1.75. The number of amides is 1. The fourth-order valence-corrected chi connectivity index (χ4v) is 1.75. The molecule has 0 aliphatic rings. The molecule has 112 valence electrons. The summed E-state index contributed by atoms with van der Waals surface area (Å²) >= 11 is 0. The van der Waals surface area contributed by atoms with E-state index in [0.29, 0.717) is 12.3 Å². The lowest BCUT2D eigenvalue weighted by Gasteiger charge is -2.20. The number of hydrogen-bond acceptors (Lipinski definition) is 3. The Morgan fingerprint density at radius 3 is 2.30 bits per heavy atom. The van der Waals surface area contributed by atoms with Crippen LogP contribution >= 0.6 is 0 Å². The SMILES string of the molecule is CNCCNC(=O)C(C)Oc1ccc(C(C)(C)C)cc1. The molecule has 1 unspecified atom stereocenters. The topological polar surface area (TPSA) is 50.4 Å². The molecule has 1 atom stereocenters. The van der Waals surface area contributed by atoms with Gasteiger partial charge in [0.1, 0.15) is 5.75 Å². The van der Waals surface area contributed by atoms with Gasteiger partial charge in [0.25, 0.3) is 5.91 Å². The first kappa shape index (κ1) is 16.5. The molecule has 1 rings (SSSR count). The molecule has 20 heavy (non-hydrogen) atoms. The molecule has 4 heteroatoms. The molecule has 2 N–H and O–H groups in total. The van der Waals surface area contributed by atoms with Crippen LogP contribution in [0.5, 0.6) is 5.75 Å². The molecule has 0 fully saturated rings. The van der Waals surface area contributed by atoms with E-state index in [2.05, 4.69) is 31.4 Å². The maximum absolute atomic E-state index is 11.8. The lowest BCUT2D eigenvalue weighted by molar-refractivity contribution is -0.127. The van der Waals surface area contributed by atoms with E-state index in [0.717, 1.165) is 6.54 Å². The molecule has 1 aromatic rings. The van der Waals surface area contributed by atoms with Crippen LogP contribution in [0.3, 0.4) is 0 Å². The average molecular weight is 278 g/mol. The van der Waals surface area contributed by atoms with Crippen LogP contribution in [-0.2, 0) is 10.2 Å². The second kappa shape index (κ2) is 7.29. The molecule has 1 amide bonds. The molecule has 0 saturated heterocycles. The molecule has 1 aromatic carbocycles. The van der Waals surface area contributed by atoms with Gasteiger partial charge in [0.05, 0.1) is 0 Å². The third-order valence-corrected chi connectivity index (χ3v) is 3.08. The van der Waals surface area contributed by atoms with Crippen molar-refractivity contribution < 1.29 is 9.53 Å². The molecule has 0 saturated carbocycles. The standard InChI is InChI=1S/C16H26N2O2/c1-12(15(19)18-11-10-17-5)20-14-8-6-13(7-9-14)16(2,3)4/h6-9,12,17H,10-11H2,1-5H3,(H,18,19). The van der Waals surface area contributed by atoms with Gasteiger partial charge in [-0.05, 0) is 37.1 Å². The van der Waals surface area contributed by atoms with E-state index in [1.54, 1.807) is 6.92 Å². The zero-order valence-corrected chi connectivity index (χ0v) is 13.1. The summed E-state index contributed by atoms with van der Waals surface area (Å²) in [7, 11) is 1.85. The molecule has 0 bridgehead atoms. The molecule has 0 heterocycles. The van der Waals surface area contributed by atoms with Crippen LogP contribution in [0, 0.1) is 0 Å². The highest BCUT2D eigenvalue weighted by atomic mass is 16.5. The van der Waals surface area contributed by atoms with Crippen LogP contribution in [0.2, 0.25) is 0 Å². The van der Waals surface area contributed by atoms with Crippen molar-refractivity contribution in [1.29, 1.82) is 0 Å². The van der Waals surface area contributed by atoms with Crippen molar-refractivity contribution >= 4 is 5.91 Å². The van der Waals surface area contributed by atoms with Crippen LogP contribution in [0.1, 0.15) is 33.3 Å². The number of benzene rings is 1. The van der Waals surface area contributed by atoms with E-state index >= 15 is 0 Å². The molecule has 0 spiro atoms. The van der Waals surface area contributed by atoms with Crippen molar-refractivity contribution in [2.24, 2.45) is 0 Å². The number of likely N-dealkylation sites (N-methyl/N-ethyl adjacent to an activating group) is 1. The van der Waals surface area contributed by atoms with Crippen molar-refractivity contribution in [2.45, 2.75) is 39.2 Å². The first-order valence-electron chi connectivity index (χ1n) is 7.04. The zero-order valence-electron chi connectivity index (χ0n) is 13.1. The van der Waals surface area contributed by atoms with E-state index in [1.807, 2.05) is 31.3 Å². The minimum Gasteiger partial charge on any atom is -0.481 e. The van der Waals surface area contributed by atoms with Gasteiger partial charge in [0.15, 0.2) is 6.10 Å². The summed E-state index contributed by atoms with van der Waals surface area (Å²) in [4.78, 5) is 11.8. The Morgan fingerprint density at radius 2 is 1.80 bits per heavy atom. The number of rotatable bonds is 6. The van der Waals surface area contributed by atoms with Gasteiger partial charge in [-0.3, -0.25) is 4.79 Å². The van der Waals surface area contributed by atoms with E-state index in [9.17, 15) is 4.79 Å². The Morgan fingerprint density at radius 1 is 1.20 bits per heavy atom. The first-order chi connectivity index (χ1) is 9.34. The molecule has 4 nitrogen and oxygen atoms in total. The summed E-state index contributed by atoms with van der Waals surface area (Å²) in [6, 6.07) is 7.91. The third kappa shape index (κ3) is 5.21. The van der Waals surface area contributed by atoms with Crippen LogP contribution in [-0.4, -0.2) is 32.1 Å². The summed E-state index contributed by atoms with van der Waals surface area (Å²) in [5, 5.41) is 5.79. The van der Waals surface area contributed by atoms with Gasteiger partial charge in [-0.15, -0.1) is 0 Å². The first-order valence-corrected chi connectivity index (χ1v) is 7.04. The van der Waals surface area contributed by atoms with E-state index < -0.39 is 6.10 Å². The Bertz CT molecular complexity index is 421. The van der Waals surface area contributed by atoms with Gasteiger partial charge in [0, 0.05) is 13.1 Å². The van der Waals surface area contributed by atoms with E-state index in [1.165, 1.54) is 5.56 Å². The van der Waals surface area contributed by atoms with Crippen LogP contribution in [0.4, 0.5) is 0 Å². The van der Waals surface area contributed by atoms with Gasteiger partial charge in [0.2, 0.25) is 0 Å². The summed E-state index contributed by atoms with van der Waals surface area (Å²) in [6.45, 7) is 9.61. The Kier molecular flexibility index (Phi) is 6.02. The number of carbonyl (C=O) groups excluding carboxylic acids is 1. The molecule has 0 aromatic heterocycles. The highest BCUT2D eigenvalue weighted by Crippen LogP contribution is 2.24. The van der Waals surface area contributed by atoms with Gasteiger partial charge in [-0.25, -0.2) is 0 Å². The number of hydrogen-bond donors (Lipinski definition) is 2. The van der Waals surface area contributed by atoms with Crippen LogP contribution in [0.25, 0.3) is 0 Å². The number of ether oxygens (including phenoxy) is 1. The van der Waals surface area contributed by atoms with Gasteiger partial charge < -0.3 is 15.4 Å².